The van der Waals surface area contributed by atoms with E-state index in [-0.39, 0.29) is 0 Å². The average molecular weight is 273 g/mol. The molecule has 0 saturated carbocycles. The Bertz CT molecular complexity index is 523. The Hall–Kier alpha value is -1.39. The Kier molecular flexibility index (Phi) is 4.93. The largest absolute Gasteiger partial charge is 0.310 e. The van der Waals surface area contributed by atoms with E-state index in [2.05, 4.69) is 48.2 Å². The topological polar surface area (TPSA) is 37.8 Å². The van der Waals surface area contributed by atoms with Crippen LogP contribution in [0.1, 0.15) is 25.0 Å². The third-order valence-electron chi connectivity index (χ3n) is 2.69. The Morgan fingerprint density at radius 3 is 2.47 bits per heavy atom. The molecule has 100 valence electrons. The molecule has 1 aromatic heterocycles. The van der Waals surface area contributed by atoms with Gasteiger partial charge in [0.05, 0.1) is 0 Å². The van der Waals surface area contributed by atoms with Crippen LogP contribution < -0.4 is 5.32 Å². The molecule has 0 unspecified atom stereocenters. The van der Waals surface area contributed by atoms with Gasteiger partial charge < -0.3 is 5.32 Å². The van der Waals surface area contributed by atoms with E-state index in [4.69, 9.17) is 0 Å². The van der Waals surface area contributed by atoms with Crippen molar-refractivity contribution in [2.24, 2.45) is 0 Å². The number of hydrogen-bond donors (Lipinski definition) is 1. The van der Waals surface area contributed by atoms with Gasteiger partial charge in [-0.3, -0.25) is 0 Å². The maximum atomic E-state index is 4.40. The van der Waals surface area contributed by atoms with Gasteiger partial charge >= 0.3 is 0 Å². The summed E-state index contributed by atoms with van der Waals surface area (Å²) < 4.78 is 0. The fourth-order valence-corrected chi connectivity index (χ4v) is 2.36. The van der Waals surface area contributed by atoms with Crippen molar-refractivity contribution < 1.29 is 0 Å². The predicted octanol–water partition coefficient (Wildman–Crippen LogP) is 3.43. The molecule has 0 fully saturated rings. The van der Waals surface area contributed by atoms with Gasteiger partial charge in [-0.15, -0.1) is 0 Å². The van der Waals surface area contributed by atoms with Gasteiger partial charge in [0.1, 0.15) is 0 Å². The monoisotopic (exact) mass is 273 g/mol. The van der Waals surface area contributed by atoms with E-state index >= 15 is 0 Å². The molecule has 0 saturated heterocycles. The van der Waals surface area contributed by atoms with Crippen molar-refractivity contribution >= 4 is 11.8 Å². The van der Waals surface area contributed by atoms with E-state index in [9.17, 15) is 0 Å². The lowest BCUT2D eigenvalue weighted by atomic mass is 10.2. The van der Waals surface area contributed by atoms with Crippen LogP contribution in [-0.2, 0) is 6.54 Å². The molecule has 1 aromatic carbocycles. The van der Waals surface area contributed by atoms with Crippen LogP contribution in [0.2, 0.25) is 0 Å². The van der Waals surface area contributed by atoms with Crippen molar-refractivity contribution in [1.29, 1.82) is 0 Å². The second kappa shape index (κ2) is 6.68. The van der Waals surface area contributed by atoms with Crippen LogP contribution >= 0.6 is 11.8 Å². The summed E-state index contributed by atoms with van der Waals surface area (Å²) in [5, 5.41) is 4.15. The standard InChI is InChI=1S/C15H19N3S/c1-11(2)16-8-13-9-17-15(18-10-13)19-14-7-5-4-6-12(14)3/h4-7,9-11,16H,8H2,1-3H3. The normalized spacial score (nSPS) is 10.9. The highest BCUT2D eigenvalue weighted by atomic mass is 32.2. The first-order valence-electron chi connectivity index (χ1n) is 6.43. The Labute approximate surface area is 118 Å². The summed E-state index contributed by atoms with van der Waals surface area (Å²) in [6.45, 7) is 7.17. The fourth-order valence-electron chi connectivity index (χ4n) is 1.58. The van der Waals surface area contributed by atoms with Crippen molar-refractivity contribution in [3.8, 4) is 0 Å². The Balaban J connectivity index is 2.01. The summed E-state index contributed by atoms with van der Waals surface area (Å²) in [6, 6.07) is 8.75. The van der Waals surface area contributed by atoms with E-state index in [1.54, 1.807) is 11.8 Å². The molecule has 1 heterocycles. The summed E-state index contributed by atoms with van der Waals surface area (Å²) in [5.74, 6) is 0. The third-order valence-corrected chi connectivity index (χ3v) is 3.76. The van der Waals surface area contributed by atoms with Crippen molar-refractivity contribution in [3.63, 3.8) is 0 Å². The first-order chi connectivity index (χ1) is 9.15. The number of aryl methyl sites for hydroxylation is 1. The number of aromatic nitrogens is 2. The van der Waals surface area contributed by atoms with Crippen LogP contribution in [0.15, 0.2) is 46.7 Å². The number of nitrogens with one attached hydrogen (secondary N) is 1. The minimum absolute atomic E-state index is 0.473. The van der Waals surface area contributed by atoms with Crippen LogP contribution in [0.3, 0.4) is 0 Å². The predicted molar refractivity (Wildman–Crippen MR) is 79.3 cm³/mol. The van der Waals surface area contributed by atoms with Crippen molar-refractivity contribution in [3.05, 3.63) is 47.8 Å². The highest BCUT2D eigenvalue weighted by Gasteiger charge is 2.03. The maximum absolute atomic E-state index is 4.40. The van der Waals surface area contributed by atoms with Crippen molar-refractivity contribution in [2.75, 3.05) is 0 Å². The van der Waals surface area contributed by atoms with Gasteiger partial charge in [0.15, 0.2) is 5.16 Å². The zero-order valence-electron chi connectivity index (χ0n) is 11.6. The van der Waals surface area contributed by atoms with E-state index in [0.717, 1.165) is 17.3 Å². The Morgan fingerprint density at radius 2 is 1.84 bits per heavy atom. The quantitative estimate of drug-likeness (QED) is 0.847. The lowest BCUT2D eigenvalue weighted by Crippen LogP contribution is -2.21. The van der Waals surface area contributed by atoms with Crippen LogP contribution in [0.25, 0.3) is 0 Å². The summed E-state index contributed by atoms with van der Waals surface area (Å²) in [5.41, 5.74) is 2.37. The molecule has 0 aliphatic carbocycles. The van der Waals surface area contributed by atoms with E-state index in [1.165, 1.54) is 10.5 Å². The second-order valence-corrected chi connectivity index (χ2v) is 5.79. The third kappa shape index (κ3) is 4.33. The molecule has 2 aromatic rings. The summed E-state index contributed by atoms with van der Waals surface area (Å²) >= 11 is 1.60. The van der Waals surface area contributed by atoms with Crippen molar-refractivity contribution in [1.82, 2.24) is 15.3 Å². The van der Waals surface area contributed by atoms with E-state index < -0.39 is 0 Å². The highest BCUT2D eigenvalue weighted by molar-refractivity contribution is 7.99. The molecule has 1 N–H and O–H groups in total. The van der Waals surface area contributed by atoms with Crippen molar-refractivity contribution in [2.45, 2.75) is 43.4 Å². The van der Waals surface area contributed by atoms with Gasteiger partial charge in [-0.25, -0.2) is 9.97 Å². The number of hydrogen-bond acceptors (Lipinski definition) is 4. The van der Waals surface area contributed by atoms with E-state index in [1.807, 2.05) is 24.5 Å². The molecule has 2 rings (SSSR count). The van der Waals surface area contributed by atoms with Crippen LogP contribution in [0, 0.1) is 6.92 Å². The molecule has 4 heteroatoms. The van der Waals surface area contributed by atoms with Gasteiger partial charge in [-0.05, 0) is 30.3 Å². The number of benzene rings is 1. The molecule has 0 radical (unpaired) electrons. The van der Waals surface area contributed by atoms with Crippen LogP contribution in [0.4, 0.5) is 0 Å². The molecular formula is C15H19N3S. The maximum Gasteiger partial charge on any atom is 0.192 e. The molecule has 0 aliphatic rings. The van der Waals surface area contributed by atoms with E-state index in [0.29, 0.717) is 6.04 Å². The first kappa shape index (κ1) is 14.0. The van der Waals surface area contributed by atoms with Gasteiger partial charge in [0.2, 0.25) is 0 Å². The summed E-state index contributed by atoms with van der Waals surface area (Å²) in [6.07, 6.45) is 3.78. The summed E-state index contributed by atoms with van der Waals surface area (Å²) in [7, 11) is 0. The molecule has 0 aliphatic heterocycles. The van der Waals surface area contributed by atoms with Gasteiger partial charge in [0.25, 0.3) is 0 Å². The lowest BCUT2D eigenvalue weighted by Gasteiger charge is -2.08. The molecule has 19 heavy (non-hydrogen) atoms. The summed E-state index contributed by atoms with van der Waals surface area (Å²) in [4.78, 5) is 10.0. The van der Waals surface area contributed by atoms with Gasteiger partial charge in [0, 0.05) is 35.4 Å². The van der Waals surface area contributed by atoms with Gasteiger partial charge in [-0.2, -0.15) is 0 Å². The fraction of sp³-hybridized carbons (Fsp3) is 0.333. The first-order valence-corrected chi connectivity index (χ1v) is 7.24. The average Bonchev–Trinajstić information content (AvgIpc) is 2.40. The minimum atomic E-state index is 0.473. The lowest BCUT2D eigenvalue weighted by molar-refractivity contribution is 0.585. The SMILES string of the molecule is Cc1ccccc1Sc1ncc(CNC(C)C)cn1. The van der Waals surface area contributed by atoms with Gasteiger partial charge in [-0.1, -0.05) is 32.0 Å². The zero-order valence-corrected chi connectivity index (χ0v) is 12.4. The zero-order chi connectivity index (χ0) is 13.7. The number of nitrogens with zero attached hydrogens (tertiary/aromatic N) is 2. The number of rotatable bonds is 5. The molecule has 3 nitrogen and oxygen atoms in total. The Morgan fingerprint density at radius 1 is 1.16 bits per heavy atom. The minimum Gasteiger partial charge on any atom is -0.310 e. The molecule has 0 amide bonds. The second-order valence-electron chi connectivity index (χ2n) is 4.78. The molecule has 0 bridgehead atoms. The highest BCUT2D eigenvalue weighted by Crippen LogP contribution is 2.26. The van der Waals surface area contributed by atoms with Crippen LogP contribution in [-0.4, -0.2) is 16.0 Å². The molecule has 0 spiro atoms. The molecule has 0 atom stereocenters. The molecular weight excluding hydrogens is 254 g/mol. The van der Waals surface area contributed by atoms with Crippen LogP contribution in [0.5, 0.6) is 0 Å². The smallest absolute Gasteiger partial charge is 0.192 e.